The zero-order chi connectivity index (χ0) is 12.7. The molecule has 1 aliphatic rings. The lowest BCUT2D eigenvalue weighted by Crippen LogP contribution is -2.15. The molecule has 0 saturated heterocycles. The Morgan fingerprint density at radius 1 is 1.50 bits per heavy atom. The van der Waals surface area contributed by atoms with Crippen LogP contribution in [0.5, 0.6) is 0 Å². The highest BCUT2D eigenvalue weighted by molar-refractivity contribution is 6.31. The van der Waals surface area contributed by atoms with Crippen LogP contribution in [0, 0.1) is 5.92 Å². The minimum absolute atomic E-state index is 0.467. The van der Waals surface area contributed by atoms with Gasteiger partial charge >= 0.3 is 0 Å². The molecule has 1 atom stereocenters. The van der Waals surface area contributed by atoms with Gasteiger partial charge in [0.1, 0.15) is 5.82 Å². The van der Waals surface area contributed by atoms with E-state index < -0.39 is 0 Å². The van der Waals surface area contributed by atoms with E-state index in [1.807, 2.05) is 12.1 Å². The molecule has 1 aromatic carbocycles. The number of rotatable bonds is 4. The largest absolute Gasteiger partial charge is 0.330 e. The molecule has 18 heavy (non-hydrogen) atoms. The van der Waals surface area contributed by atoms with E-state index in [1.165, 1.54) is 18.4 Å². The summed E-state index contributed by atoms with van der Waals surface area (Å²) in [6, 6.07) is 6.61. The van der Waals surface area contributed by atoms with E-state index in [0.29, 0.717) is 18.5 Å². The lowest BCUT2D eigenvalue weighted by Gasteiger charge is -2.11. The molecule has 1 aliphatic carbocycles. The van der Waals surface area contributed by atoms with Crippen LogP contribution in [0.2, 0.25) is 5.02 Å². The molecule has 2 N–H and O–H groups in total. The molecule has 3 nitrogen and oxygen atoms in total. The first-order valence-corrected chi connectivity index (χ1v) is 6.93. The Morgan fingerprint density at radius 2 is 2.28 bits per heavy atom. The summed E-state index contributed by atoms with van der Waals surface area (Å²) >= 11 is 6.04. The normalized spacial score (nSPS) is 17.3. The first-order chi connectivity index (χ1) is 8.69. The van der Waals surface area contributed by atoms with Gasteiger partial charge in [0.25, 0.3) is 0 Å². The fourth-order valence-corrected chi connectivity index (χ4v) is 2.57. The van der Waals surface area contributed by atoms with Crippen LogP contribution in [0.1, 0.15) is 31.6 Å². The highest BCUT2D eigenvalue weighted by Gasteiger charge is 2.28. The van der Waals surface area contributed by atoms with Crippen molar-refractivity contribution in [2.45, 2.75) is 32.2 Å². The summed E-state index contributed by atoms with van der Waals surface area (Å²) in [6.07, 6.45) is 3.47. The summed E-state index contributed by atoms with van der Waals surface area (Å²) < 4.78 is 2.39. The predicted molar refractivity (Wildman–Crippen MR) is 74.9 cm³/mol. The molecule has 4 heteroatoms. The maximum atomic E-state index is 6.04. The molecule has 1 heterocycles. The Labute approximate surface area is 112 Å². The van der Waals surface area contributed by atoms with E-state index in [4.69, 9.17) is 22.3 Å². The number of hydrogen-bond acceptors (Lipinski definition) is 2. The highest BCUT2D eigenvalue weighted by atomic mass is 35.5. The van der Waals surface area contributed by atoms with Crippen molar-refractivity contribution < 1.29 is 0 Å². The Bertz CT molecular complexity index is 572. The maximum Gasteiger partial charge on any atom is 0.110 e. The molecule has 1 aromatic heterocycles. The fraction of sp³-hybridized carbons (Fsp3) is 0.500. The van der Waals surface area contributed by atoms with Gasteiger partial charge in [-0.25, -0.2) is 4.98 Å². The SMILES string of the molecule is CC(CN)Cc1nc2cc(Cl)ccc2n1C1CC1. The molecule has 1 saturated carbocycles. The molecule has 0 radical (unpaired) electrons. The van der Waals surface area contributed by atoms with Gasteiger partial charge in [-0.15, -0.1) is 0 Å². The molecular formula is C14H18ClN3. The van der Waals surface area contributed by atoms with Gasteiger partial charge in [0.05, 0.1) is 11.0 Å². The molecule has 96 valence electrons. The molecule has 2 aromatic rings. The first-order valence-electron chi connectivity index (χ1n) is 6.55. The Morgan fingerprint density at radius 3 is 2.94 bits per heavy atom. The van der Waals surface area contributed by atoms with Gasteiger partial charge in [-0.05, 0) is 43.5 Å². The predicted octanol–water partition coefficient (Wildman–Crippen LogP) is 3.16. The van der Waals surface area contributed by atoms with Crippen LogP contribution in [0.4, 0.5) is 0 Å². The number of hydrogen-bond donors (Lipinski definition) is 1. The molecule has 1 unspecified atom stereocenters. The van der Waals surface area contributed by atoms with E-state index in [-0.39, 0.29) is 0 Å². The zero-order valence-corrected chi connectivity index (χ0v) is 11.3. The van der Waals surface area contributed by atoms with Crippen LogP contribution >= 0.6 is 11.6 Å². The molecule has 3 rings (SSSR count). The second-order valence-electron chi connectivity index (χ2n) is 5.31. The van der Waals surface area contributed by atoms with Gasteiger partial charge in [-0.3, -0.25) is 0 Å². The number of imidazole rings is 1. The van der Waals surface area contributed by atoms with Gasteiger partial charge < -0.3 is 10.3 Å². The number of benzene rings is 1. The number of halogens is 1. The minimum atomic E-state index is 0.467. The quantitative estimate of drug-likeness (QED) is 0.921. The van der Waals surface area contributed by atoms with Crippen LogP contribution < -0.4 is 5.73 Å². The van der Waals surface area contributed by atoms with E-state index in [0.717, 1.165) is 22.8 Å². The summed E-state index contributed by atoms with van der Waals surface area (Å²) in [5, 5.41) is 0.751. The number of fused-ring (bicyclic) bond motifs is 1. The van der Waals surface area contributed by atoms with Gasteiger partial charge in [-0.2, -0.15) is 0 Å². The third-order valence-corrected chi connectivity index (χ3v) is 3.81. The van der Waals surface area contributed by atoms with Crippen molar-refractivity contribution in [2.75, 3.05) is 6.54 Å². The third kappa shape index (κ3) is 2.13. The van der Waals surface area contributed by atoms with Gasteiger partial charge in [0, 0.05) is 17.5 Å². The van der Waals surface area contributed by atoms with E-state index >= 15 is 0 Å². The van der Waals surface area contributed by atoms with Crippen LogP contribution in [0.25, 0.3) is 11.0 Å². The first kappa shape index (κ1) is 12.0. The van der Waals surface area contributed by atoms with Crippen molar-refractivity contribution in [1.82, 2.24) is 9.55 Å². The van der Waals surface area contributed by atoms with Crippen molar-refractivity contribution in [1.29, 1.82) is 0 Å². The van der Waals surface area contributed by atoms with Gasteiger partial charge in [0.2, 0.25) is 0 Å². The van der Waals surface area contributed by atoms with Crippen LogP contribution in [0.3, 0.4) is 0 Å². The van der Waals surface area contributed by atoms with Crippen molar-refractivity contribution in [3.05, 3.63) is 29.0 Å². The second kappa shape index (κ2) is 4.56. The highest BCUT2D eigenvalue weighted by Crippen LogP contribution is 2.39. The average molecular weight is 264 g/mol. The maximum absolute atomic E-state index is 6.04. The lowest BCUT2D eigenvalue weighted by molar-refractivity contribution is 0.550. The molecule has 0 aliphatic heterocycles. The standard InChI is InChI=1S/C14H18ClN3/c1-9(8-16)6-14-17-12-7-10(15)2-5-13(12)18(14)11-3-4-11/h2,5,7,9,11H,3-4,6,8,16H2,1H3. The minimum Gasteiger partial charge on any atom is -0.330 e. The van der Waals surface area contributed by atoms with Crippen LogP contribution in [-0.2, 0) is 6.42 Å². The smallest absolute Gasteiger partial charge is 0.110 e. The molecule has 1 fully saturated rings. The Hall–Kier alpha value is -1.06. The van der Waals surface area contributed by atoms with Crippen molar-refractivity contribution >= 4 is 22.6 Å². The average Bonchev–Trinajstić information content (AvgIpc) is 3.11. The van der Waals surface area contributed by atoms with Crippen molar-refractivity contribution in [3.8, 4) is 0 Å². The number of nitrogens with two attached hydrogens (primary N) is 1. The number of nitrogens with zero attached hydrogens (tertiary/aromatic N) is 2. The van der Waals surface area contributed by atoms with Crippen LogP contribution in [-0.4, -0.2) is 16.1 Å². The zero-order valence-electron chi connectivity index (χ0n) is 10.6. The molecule has 0 amide bonds. The van der Waals surface area contributed by atoms with E-state index in [1.54, 1.807) is 0 Å². The van der Waals surface area contributed by atoms with Crippen molar-refractivity contribution in [3.63, 3.8) is 0 Å². The van der Waals surface area contributed by atoms with E-state index in [9.17, 15) is 0 Å². The summed E-state index contributed by atoms with van der Waals surface area (Å²) in [6.45, 7) is 2.87. The van der Waals surface area contributed by atoms with Gasteiger partial charge in [-0.1, -0.05) is 18.5 Å². The summed E-state index contributed by atoms with van der Waals surface area (Å²) in [5.74, 6) is 1.63. The molecule has 0 spiro atoms. The van der Waals surface area contributed by atoms with Crippen LogP contribution in [0.15, 0.2) is 18.2 Å². The summed E-state index contributed by atoms with van der Waals surface area (Å²) in [5.41, 5.74) is 7.94. The second-order valence-corrected chi connectivity index (χ2v) is 5.74. The Balaban J connectivity index is 2.08. The molecular weight excluding hydrogens is 246 g/mol. The fourth-order valence-electron chi connectivity index (χ4n) is 2.40. The van der Waals surface area contributed by atoms with Crippen molar-refractivity contribution in [2.24, 2.45) is 11.7 Å². The third-order valence-electron chi connectivity index (χ3n) is 3.57. The summed E-state index contributed by atoms with van der Waals surface area (Å²) in [7, 11) is 0. The van der Waals surface area contributed by atoms with Gasteiger partial charge in [0.15, 0.2) is 0 Å². The molecule has 0 bridgehead atoms. The number of aromatic nitrogens is 2. The Kier molecular flexibility index (Phi) is 3.04. The monoisotopic (exact) mass is 263 g/mol. The van der Waals surface area contributed by atoms with E-state index in [2.05, 4.69) is 17.6 Å². The lowest BCUT2D eigenvalue weighted by atomic mass is 10.1. The topological polar surface area (TPSA) is 43.8 Å². The summed E-state index contributed by atoms with van der Waals surface area (Å²) in [4.78, 5) is 4.75.